The van der Waals surface area contributed by atoms with Gasteiger partial charge in [0.1, 0.15) is 0 Å². The molecular weight excluding hydrogens is 305 g/mol. The summed E-state index contributed by atoms with van der Waals surface area (Å²) in [6.45, 7) is 1.49. The first-order valence-corrected chi connectivity index (χ1v) is 6.57. The summed E-state index contributed by atoms with van der Waals surface area (Å²) in [7, 11) is 0. The van der Waals surface area contributed by atoms with Gasteiger partial charge in [-0.05, 0) is 30.2 Å². The lowest BCUT2D eigenvalue weighted by Gasteiger charge is -2.19. The quantitative estimate of drug-likeness (QED) is 0.660. The molecule has 0 radical (unpaired) electrons. The highest BCUT2D eigenvalue weighted by Crippen LogP contribution is 2.32. The van der Waals surface area contributed by atoms with E-state index in [4.69, 9.17) is 29.0 Å². The number of hydrogen-bond acceptors (Lipinski definition) is 2. The van der Waals surface area contributed by atoms with Gasteiger partial charge in [0.05, 0.1) is 6.04 Å². The van der Waals surface area contributed by atoms with Gasteiger partial charge in [-0.25, -0.2) is 14.2 Å². The first-order valence-electron chi connectivity index (χ1n) is 5.81. The molecule has 20 heavy (non-hydrogen) atoms. The number of hydrazine groups is 1. The highest BCUT2D eigenvalue weighted by Gasteiger charge is 2.22. The normalized spacial score (nSPS) is 12.5. The van der Waals surface area contributed by atoms with Gasteiger partial charge in [-0.1, -0.05) is 41.4 Å². The molecule has 0 aliphatic heterocycles. The average molecular weight is 317 g/mol. The van der Waals surface area contributed by atoms with Crippen molar-refractivity contribution < 1.29 is 8.78 Å². The van der Waals surface area contributed by atoms with Crippen molar-refractivity contribution in [2.24, 2.45) is 5.84 Å². The minimum Gasteiger partial charge on any atom is -0.271 e. The van der Waals surface area contributed by atoms with Crippen molar-refractivity contribution in [3.63, 3.8) is 0 Å². The monoisotopic (exact) mass is 316 g/mol. The minimum absolute atomic E-state index is 0.0832. The molecule has 0 saturated carbocycles. The lowest BCUT2D eigenvalue weighted by Crippen LogP contribution is -2.30. The lowest BCUT2D eigenvalue weighted by molar-refractivity contribution is 0.478. The predicted molar refractivity (Wildman–Crippen MR) is 76.7 cm³/mol. The Labute approximate surface area is 125 Å². The summed E-state index contributed by atoms with van der Waals surface area (Å²) in [6.07, 6.45) is 0. The molecule has 0 heterocycles. The number of benzene rings is 2. The third-order valence-electron chi connectivity index (χ3n) is 3.06. The van der Waals surface area contributed by atoms with Crippen LogP contribution in [-0.4, -0.2) is 0 Å². The number of nitrogens with one attached hydrogen (secondary N) is 1. The van der Waals surface area contributed by atoms with E-state index in [2.05, 4.69) is 5.43 Å². The second-order valence-corrected chi connectivity index (χ2v) is 5.21. The minimum atomic E-state index is -0.945. The van der Waals surface area contributed by atoms with Gasteiger partial charge in [-0.2, -0.15) is 0 Å². The van der Waals surface area contributed by atoms with Crippen LogP contribution in [0.25, 0.3) is 0 Å². The lowest BCUT2D eigenvalue weighted by atomic mass is 9.97. The highest BCUT2D eigenvalue weighted by atomic mass is 35.5. The number of aryl methyl sites for hydroxylation is 1. The standard InChI is InChI=1S/C14H12Cl2F2N2/c1-7-2-4-10(13(18)12(7)17)14(20-19)9-5-3-8(15)6-11(9)16/h2-6,14,20H,19H2,1H3. The summed E-state index contributed by atoms with van der Waals surface area (Å²) in [5, 5.41) is 0.769. The number of hydrogen-bond donors (Lipinski definition) is 2. The van der Waals surface area contributed by atoms with Crippen LogP contribution >= 0.6 is 23.2 Å². The van der Waals surface area contributed by atoms with Crippen LogP contribution in [0.1, 0.15) is 22.7 Å². The van der Waals surface area contributed by atoms with Crippen LogP contribution in [-0.2, 0) is 0 Å². The fourth-order valence-electron chi connectivity index (χ4n) is 1.97. The second kappa shape index (κ2) is 6.06. The third-order valence-corrected chi connectivity index (χ3v) is 3.62. The summed E-state index contributed by atoms with van der Waals surface area (Å²) >= 11 is 11.9. The van der Waals surface area contributed by atoms with Gasteiger partial charge in [0.25, 0.3) is 0 Å². The zero-order valence-electron chi connectivity index (χ0n) is 10.6. The summed E-state index contributed by atoms with van der Waals surface area (Å²) in [5.41, 5.74) is 3.27. The smallest absolute Gasteiger partial charge is 0.164 e. The van der Waals surface area contributed by atoms with Crippen LogP contribution in [0.4, 0.5) is 8.78 Å². The molecule has 1 unspecified atom stereocenters. The van der Waals surface area contributed by atoms with E-state index in [1.54, 1.807) is 12.1 Å². The molecule has 0 aliphatic rings. The predicted octanol–water partition coefficient (Wildman–Crippen LogP) is 4.13. The molecule has 0 fully saturated rings. The molecule has 0 aliphatic carbocycles. The Morgan fingerprint density at radius 1 is 1.05 bits per heavy atom. The van der Waals surface area contributed by atoms with Gasteiger partial charge in [-0.3, -0.25) is 5.84 Å². The largest absolute Gasteiger partial charge is 0.271 e. The van der Waals surface area contributed by atoms with E-state index in [1.807, 2.05) is 0 Å². The Morgan fingerprint density at radius 2 is 1.70 bits per heavy atom. The van der Waals surface area contributed by atoms with Crippen LogP contribution in [0.2, 0.25) is 10.0 Å². The topological polar surface area (TPSA) is 38.0 Å². The molecule has 0 bridgehead atoms. The molecule has 0 amide bonds. The average Bonchev–Trinajstić information content (AvgIpc) is 2.41. The Balaban J connectivity index is 2.55. The van der Waals surface area contributed by atoms with Gasteiger partial charge in [0, 0.05) is 15.6 Å². The maximum absolute atomic E-state index is 14.1. The maximum Gasteiger partial charge on any atom is 0.164 e. The van der Waals surface area contributed by atoms with Crippen LogP contribution in [0, 0.1) is 18.6 Å². The van der Waals surface area contributed by atoms with Crippen molar-refractivity contribution in [1.29, 1.82) is 0 Å². The molecule has 2 aromatic carbocycles. The third kappa shape index (κ3) is 2.79. The molecule has 0 saturated heterocycles. The van der Waals surface area contributed by atoms with Crippen molar-refractivity contribution in [2.45, 2.75) is 13.0 Å². The van der Waals surface area contributed by atoms with Gasteiger partial charge in [-0.15, -0.1) is 0 Å². The van der Waals surface area contributed by atoms with Gasteiger partial charge < -0.3 is 0 Å². The van der Waals surface area contributed by atoms with E-state index in [0.29, 0.717) is 15.6 Å². The van der Waals surface area contributed by atoms with Crippen molar-refractivity contribution >= 4 is 23.2 Å². The van der Waals surface area contributed by atoms with Crippen molar-refractivity contribution in [3.8, 4) is 0 Å². The molecule has 2 rings (SSSR count). The molecule has 0 spiro atoms. The van der Waals surface area contributed by atoms with E-state index in [-0.39, 0.29) is 11.1 Å². The van der Waals surface area contributed by atoms with Crippen LogP contribution in [0.15, 0.2) is 30.3 Å². The zero-order valence-corrected chi connectivity index (χ0v) is 12.1. The summed E-state index contributed by atoms with van der Waals surface area (Å²) < 4.78 is 27.7. The van der Waals surface area contributed by atoms with Crippen molar-refractivity contribution in [1.82, 2.24) is 5.43 Å². The summed E-state index contributed by atoms with van der Waals surface area (Å²) in [6, 6.07) is 6.94. The first-order chi connectivity index (χ1) is 9.45. The van der Waals surface area contributed by atoms with Gasteiger partial charge in [0.2, 0.25) is 0 Å². The highest BCUT2D eigenvalue weighted by molar-refractivity contribution is 6.35. The molecule has 2 aromatic rings. The molecule has 1 atom stereocenters. The van der Waals surface area contributed by atoms with E-state index in [0.717, 1.165) is 0 Å². The Bertz CT molecular complexity index is 647. The van der Waals surface area contributed by atoms with Crippen LogP contribution in [0.5, 0.6) is 0 Å². The van der Waals surface area contributed by atoms with Gasteiger partial charge in [0.15, 0.2) is 11.6 Å². The van der Waals surface area contributed by atoms with Crippen LogP contribution < -0.4 is 11.3 Å². The van der Waals surface area contributed by atoms with E-state index < -0.39 is 17.7 Å². The summed E-state index contributed by atoms with van der Waals surface area (Å²) in [4.78, 5) is 0. The molecule has 2 nitrogen and oxygen atoms in total. The van der Waals surface area contributed by atoms with E-state index in [9.17, 15) is 8.78 Å². The Hall–Kier alpha value is -1.20. The molecule has 3 N–H and O–H groups in total. The summed E-state index contributed by atoms with van der Waals surface area (Å²) in [5.74, 6) is 3.63. The molecule has 0 aromatic heterocycles. The SMILES string of the molecule is Cc1ccc(C(NN)c2ccc(Cl)cc2Cl)c(F)c1F. The maximum atomic E-state index is 14.1. The second-order valence-electron chi connectivity index (χ2n) is 4.37. The van der Waals surface area contributed by atoms with Crippen LogP contribution in [0.3, 0.4) is 0 Å². The molecule has 106 valence electrons. The Morgan fingerprint density at radius 3 is 2.30 bits per heavy atom. The molecular formula is C14H12Cl2F2N2. The zero-order chi connectivity index (χ0) is 14.9. The number of nitrogens with two attached hydrogens (primary N) is 1. The van der Waals surface area contributed by atoms with Crippen molar-refractivity contribution in [3.05, 3.63) is 68.7 Å². The number of halogens is 4. The fraction of sp³-hybridized carbons (Fsp3) is 0.143. The van der Waals surface area contributed by atoms with E-state index >= 15 is 0 Å². The molecule has 6 heteroatoms. The first kappa shape index (κ1) is 15.2. The van der Waals surface area contributed by atoms with Crippen molar-refractivity contribution in [2.75, 3.05) is 0 Å². The number of rotatable bonds is 3. The fourth-order valence-corrected chi connectivity index (χ4v) is 2.48. The van der Waals surface area contributed by atoms with Gasteiger partial charge >= 0.3 is 0 Å². The van der Waals surface area contributed by atoms with E-state index in [1.165, 1.54) is 25.1 Å². The Kier molecular flexibility index (Phi) is 4.60.